The molecule has 0 radical (unpaired) electrons. The van der Waals surface area contributed by atoms with E-state index in [1.165, 1.54) is 40.6 Å². The number of hydrogen-bond acceptors (Lipinski definition) is 1. The summed E-state index contributed by atoms with van der Waals surface area (Å²) in [4.78, 5) is 0. The van der Waals surface area contributed by atoms with Gasteiger partial charge in [0.2, 0.25) is 0 Å². The maximum Gasteiger partial charge on any atom is 0.0485 e. The van der Waals surface area contributed by atoms with Crippen LogP contribution in [0.4, 0.5) is 0 Å². The lowest BCUT2D eigenvalue weighted by atomic mass is 10.0. The van der Waals surface area contributed by atoms with E-state index in [1.807, 2.05) is 0 Å². The van der Waals surface area contributed by atoms with Crippen LogP contribution >= 0.6 is 0 Å². The van der Waals surface area contributed by atoms with Crippen LogP contribution < -0.4 is 5.73 Å². The Balaban J connectivity index is 2.52. The summed E-state index contributed by atoms with van der Waals surface area (Å²) in [5.41, 5.74) is 11.1. The monoisotopic (exact) mass is 258 g/mol. The lowest BCUT2D eigenvalue weighted by Crippen LogP contribution is -2.10. The zero-order valence-corrected chi connectivity index (χ0v) is 12.7. The van der Waals surface area contributed by atoms with Gasteiger partial charge < -0.3 is 10.3 Å². The van der Waals surface area contributed by atoms with E-state index in [9.17, 15) is 0 Å². The van der Waals surface area contributed by atoms with Crippen LogP contribution in [0.2, 0.25) is 0 Å². The van der Waals surface area contributed by atoms with Gasteiger partial charge >= 0.3 is 0 Å². The van der Waals surface area contributed by atoms with E-state index in [2.05, 4.69) is 50.5 Å². The number of hydrogen-bond donors (Lipinski definition) is 1. The van der Waals surface area contributed by atoms with Crippen molar-refractivity contribution in [2.75, 3.05) is 0 Å². The van der Waals surface area contributed by atoms with Gasteiger partial charge in [0.1, 0.15) is 0 Å². The molecule has 2 heteroatoms. The van der Waals surface area contributed by atoms with Gasteiger partial charge in [-0.1, -0.05) is 32.8 Å². The molecule has 0 saturated carbocycles. The predicted molar refractivity (Wildman–Crippen MR) is 83.4 cm³/mol. The molecule has 104 valence electrons. The van der Waals surface area contributed by atoms with E-state index in [1.54, 1.807) is 0 Å². The second-order valence-corrected chi connectivity index (χ2v) is 5.56. The third-order valence-electron chi connectivity index (χ3n) is 4.53. The molecule has 1 aromatic heterocycles. The summed E-state index contributed by atoms with van der Waals surface area (Å²) >= 11 is 0. The predicted octanol–water partition coefficient (Wildman–Crippen LogP) is 4.15. The molecular weight excluding hydrogens is 232 g/mol. The molecule has 0 amide bonds. The lowest BCUT2D eigenvalue weighted by Gasteiger charge is -2.16. The molecule has 0 aliphatic carbocycles. The Kier molecular flexibility index (Phi) is 4.31. The molecule has 0 aliphatic heterocycles. The summed E-state index contributed by atoms with van der Waals surface area (Å²) in [6.45, 7) is 10.8. The molecular formula is C17H26N2. The molecule has 2 N–H and O–H groups in total. The molecule has 1 heterocycles. The highest BCUT2D eigenvalue weighted by Crippen LogP contribution is 2.28. The Labute approximate surface area is 116 Å². The van der Waals surface area contributed by atoms with Crippen LogP contribution in [0, 0.1) is 19.8 Å². The second-order valence-electron chi connectivity index (χ2n) is 5.56. The van der Waals surface area contributed by atoms with Gasteiger partial charge in [-0.25, -0.2) is 0 Å². The maximum atomic E-state index is 5.75. The molecule has 2 rings (SSSR count). The Hall–Kier alpha value is -1.28. The van der Waals surface area contributed by atoms with Crippen molar-refractivity contribution in [1.82, 2.24) is 4.57 Å². The van der Waals surface area contributed by atoms with Crippen LogP contribution in [-0.4, -0.2) is 4.57 Å². The first kappa shape index (κ1) is 14.1. The molecule has 0 aliphatic rings. The number of rotatable bonds is 5. The van der Waals surface area contributed by atoms with Gasteiger partial charge in [0, 0.05) is 29.7 Å². The number of benzene rings is 1. The van der Waals surface area contributed by atoms with Gasteiger partial charge in [0.05, 0.1) is 0 Å². The van der Waals surface area contributed by atoms with Crippen LogP contribution in [0.3, 0.4) is 0 Å². The van der Waals surface area contributed by atoms with Crippen molar-refractivity contribution in [3.8, 4) is 0 Å². The number of aromatic nitrogens is 1. The van der Waals surface area contributed by atoms with Gasteiger partial charge in [0.15, 0.2) is 0 Å². The van der Waals surface area contributed by atoms with E-state index >= 15 is 0 Å². The highest BCUT2D eigenvalue weighted by atomic mass is 15.0. The van der Waals surface area contributed by atoms with Crippen LogP contribution in [0.25, 0.3) is 10.9 Å². The first-order valence-electron chi connectivity index (χ1n) is 7.40. The van der Waals surface area contributed by atoms with Gasteiger partial charge in [-0.3, -0.25) is 0 Å². The summed E-state index contributed by atoms with van der Waals surface area (Å²) in [6.07, 6.45) is 2.49. The van der Waals surface area contributed by atoms with Crippen molar-refractivity contribution in [1.29, 1.82) is 0 Å². The Morgan fingerprint density at radius 3 is 2.42 bits per heavy atom. The average Bonchev–Trinajstić information content (AvgIpc) is 2.68. The number of nitrogens with two attached hydrogens (primary N) is 1. The molecule has 0 unspecified atom stereocenters. The molecule has 2 nitrogen and oxygen atoms in total. The molecule has 1 aromatic carbocycles. The Morgan fingerprint density at radius 1 is 1.16 bits per heavy atom. The molecule has 19 heavy (non-hydrogen) atoms. The van der Waals surface area contributed by atoms with Crippen molar-refractivity contribution < 1.29 is 0 Å². The summed E-state index contributed by atoms with van der Waals surface area (Å²) in [5, 5.41) is 1.37. The average molecular weight is 258 g/mol. The normalized spacial score (nSPS) is 11.7. The molecule has 2 aromatic rings. The minimum absolute atomic E-state index is 0.617. The zero-order chi connectivity index (χ0) is 14.0. The molecule has 0 spiro atoms. The number of nitrogens with zero attached hydrogens (tertiary/aromatic N) is 1. The highest BCUT2D eigenvalue weighted by molar-refractivity contribution is 5.86. The van der Waals surface area contributed by atoms with Crippen LogP contribution in [-0.2, 0) is 13.1 Å². The van der Waals surface area contributed by atoms with Crippen molar-refractivity contribution >= 4 is 10.9 Å². The van der Waals surface area contributed by atoms with E-state index in [0.29, 0.717) is 6.54 Å². The maximum absolute atomic E-state index is 5.75. The topological polar surface area (TPSA) is 30.9 Å². The largest absolute Gasteiger partial charge is 0.344 e. The molecule has 0 saturated heterocycles. The highest BCUT2D eigenvalue weighted by Gasteiger charge is 2.13. The van der Waals surface area contributed by atoms with Crippen molar-refractivity contribution in [2.24, 2.45) is 11.7 Å². The quantitative estimate of drug-likeness (QED) is 0.858. The first-order valence-corrected chi connectivity index (χ1v) is 7.40. The molecule has 0 bridgehead atoms. The summed E-state index contributed by atoms with van der Waals surface area (Å²) < 4.78 is 2.49. The zero-order valence-electron chi connectivity index (χ0n) is 12.7. The van der Waals surface area contributed by atoms with Gasteiger partial charge in [-0.2, -0.15) is 0 Å². The first-order chi connectivity index (χ1) is 9.12. The molecule has 0 atom stereocenters. The van der Waals surface area contributed by atoms with Gasteiger partial charge in [-0.05, 0) is 43.0 Å². The van der Waals surface area contributed by atoms with E-state index in [4.69, 9.17) is 5.73 Å². The minimum Gasteiger partial charge on any atom is -0.344 e. The van der Waals surface area contributed by atoms with Crippen molar-refractivity contribution in [3.63, 3.8) is 0 Å². The number of aryl methyl sites for hydroxylation is 1. The Morgan fingerprint density at radius 2 is 1.84 bits per heavy atom. The third-order valence-corrected chi connectivity index (χ3v) is 4.53. The van der Waals surface area contributed by atoms with Crippen LogP contribution in [0.1, 0.15) is 43.5 Å². The fourth-order valence-corrected chi connectivity index (χ4v) is 2.86. The van der Waals surface area contributed by atoms with Gasteiger partial charge in [0.25, 0.3) is 0 Å². The Bertz CT molecular complexity index is 562. The van der Waals surface area contributed by atoms with Gasteiger partial charge in [-0.15, -0.1) is 0 Å². The summed E-state index contributed by atoms with van der Waals surface area (Å²) in [5.74, 6) is 0.767. The minimum atomic E-state index is 0.617. The standard InChI is InChI=1S/C17H26N2/c1-5-14(6-2)11-19-13(4)12(3)16-9-15(10-18)7-8-17(16)19/h7-9,14H,5-6,10-11,18H2,1-4H3. The summed E-state index contributed by atoms with van der Waals surface area (Å²) in [7, 11) is 0. The van der Waals surface area contributed by atoms with Crippen LogP contribution in [0.15, 0.2) is 18.2 Å². The van der Waals surface area contributed by atoms with Crippen LogP contribution in [0.5, 0.6) is 0 Å². The fourth-order valence-electron chi connectivity index (χ4n) is 2.86. The fraction of sp³-hybridized carbons (Fsp3) is 0.529. The SMILES string of the molecule is CCC(CC)Cn1c(C)c(C)c2cc(CN)ccc21. The van der Waals surface area contributed by atoms with E-state index < -0.39 is 0 Å². The second kappa shape index (κ2) is 5.79. The van der Waals surface area contributed by atoms with Crippen molar-refractivity contribution in [2.45, 2.75) is 53.6 Å². The lowest BCUT2D eigenvalue weighted by molar-refractivity contribution is 0.421. The van der Waals surface area contributed by atoms with E-state index in [0.717, 1.165) is 12.5 Å². The van der Waals surface area contributed by atoms with Crippen molar-refractivity contribution in [3.05, 3.63) is 35.0 Å². The molecule has 0 fully saturated rings. The smallest absolute Gasteiger partial charge is 0.0485 e. The van der Waals surface area contributed by atoms with E-state index in [-0.39, 0.29) is 0 Å². The summed E-state index contributed by atoms with van der Waals surface area (Å²) in [6, 6.07) is 6.64. The third kappa shape index (κ3) is 2.55. The number of fused-ring (bicyclic) bond motifs is 1.